The van der Waals surface area contributed by atoms with E-state index < -0.39 is 11.7 Å². The second kappa shape index (κ2) is 5.83. The molecule has 1 heterocycles. The first-order chi connectivity index (χ1) is 7.78. The summed E-state index contributed by atoms with van der Waals surface area (Å²) in [5, 5.41) is 0. The first-order valence-electron chi connectivity index (χ1n) is 6.28. The average Bonchev–Trinajstić information content (AvgIpc) is 2.60. The van der Waals surface area contributed by atoms with Crippen LogP contribution in [-0.2, 0) is 19.0 Å². The van der Waals surface area contributed by atoms with Crippen LogP contribution in [-0.4, -0.2) is 36.5 Å². The number of ether oxygens (including phenoxy) is 3. The Hall–Kier alpha value is -0.610. The maximum Gasteiger partial charge on any atom is 0.335 e. The highest BCUT2D eigenvalue weighted by Gasteiger charge is 2.33. The largest absolute Gasteiger partial charge is 0.458 e. The highest BCUT2D eigenvalue weighted by molar-refractivity contribution is 5.75. The molecule has 1 saturated heterocycles. The minimum Gasteiger partial charge on any atom is -0.458 e. The first kappa shape index (κ1) is 14.5. The van der Waals surface area contributed by atoms with Crippen LogP contribution in [0.5, 0.6) is 0 Å². The summed E-state index contributed by atoms with van der Waals surface area (Å²) in [6.07, 6.45) is 1.38. The maximum absolute atomic E-state index is 11.8. The molecule has 0 radical (unpaired) electrons. The van der Waals surface area contributed by atoms with Crippen LogP contribution in [0.1, 0.15) is 47.5 Å². The van der Waals surface area contributed by atoms with E-state index in [9.17, 15) is 4.79 Å². The van der Waals surface area contributed by atoms with Crippen LogP contribution in [0.2, 0.25) is 0 Å². The monoisotopic (exact) mass is 244 g/mol. The normalized spacial score (nSPS) is 25.3. The van der Waals surface area contributed by atoms with E-state index in [0.29, 0.717) is 6.61 Å². The van der Waals surface area contributed by atoms with E-state index in [2.05, 4.69) is 0 Å². The van der Waals surface area contributed by atoms with Gasteiger partial charge in [-0.3, -0.25) is 0 Å². The molecule has 0 amide bonds. The number of hydrogen-bond acceptors (Lipinski definition) is 4. The third kappa shape index (κ3) is 5.50. The van der Waals surface area contributed by atoms with Crippen molar-refractivity contribution in [1.82, 2.24) is 0 Å². The van der Waals surface area contributed by atoms with Gasteiger partial charge >= 0.3 is 5.97 Å². The van der Waals surface area contributed by atoms with E-state index in [0.717, 1.165) is 12.8 Å². The lowest BCUT2D eigenvalue weighted by Crippen LogP contribution is -2.32. The van der Waals surface area contributed by atoms with Gasteiger partial charge in [0, 0.05) is 0 Å². The Kier molecular flexibility index (Phi) is 4.95. The van der Waals surface area contributed by atoms with Crippen molar-refractivity contribution >= 4 is 5.97 Å². The van der Waals surface area contributed by atoms with Gasteiger partial charge in [0.05, 0.1) is 18.8 Å². The van der Waals surface area contributed by atoms with Gasteiger partial charge in [-0.25, -0.2) is 4.79 Å². The molecule has 1 fully saturated rings. The summed E-state index contributed by atoms with van der Waals surface area (Å²) in [6, 6.07) is 0. The zero-order chi connectivity index (χ0) is 13.1. The molecule has 1 rings (SSSR count). The van der Waals surface area contributed by atoms with Crippen LogP contribution >= 0.6 is 0 Å². The van der Waals surface area contributed by atoms with Gasteiger partial charge in [-0.05, 0) is 47.5 Å². The predicted molar refractivity (Wildman–Crippen MR) is 64.8 cm³/mol. The molecule has 0 spiro atoms. The summed E-state index contributed by atoms with van der Waals surface area (Å²) in [5.41, 5.74) is -0.451. The molecular weight excluding hydrogens is 220 g/mol. The molecule has 0 bridgehead atoms. The summed E-state index contributed by atoms with van der Waals surface area (Å²) >= 11 is 0. The van der Waals surface area contributed by atoms with E-state index >= 15 is 0 Å². The van der Waals surface area contributed by atoms with Crippen molar-refractivity contribution in [2.75, 3.05) is 6.61 Å². The molecule has 100 valence electrons. The van der Waals surface area contributed by atoms with Crippen molar-refractivity contribution in [3.8, 4) is 0 Å². The highest BCUT2D eigenvalue weighted by Crippen LogP contribution is 2.23. The van der Waals surface area contributed by atoms with Gasteiger partial charge in [0.1, 0.15) is 5.60 Å². The van der Waals surface area contributed by atoms with Gasteiger partial charge in [-0.2, -0.15) is 0 Å². The van der Waals surface area contributed by atoms with Gasteiger partial charge in [0.15, 0.2) is 6.10 Å². The fraction of sp³-hybridized carbons (Fsp3) is 0.923. The van der Waals surface area contributed by atoms with Crippen LogP contribution in [0.15, 0.2) is 0 Å². The number of carbonyl (C=O) groups is 1. The lowest BCUT2D eigenvalue weighted by Gasteiger charge is -2.22. The molecule has 2 unspecified atom stereocenters. The van der Waals surface area contributed by atoms with Gasteiger partial charge in [-0.15, -0.1) is 0 Å². The van der Waals surface area contributed by atoms with Crippen LogP contribution in [0.4, 0.5) is 0 Å². The Morgan fingerprint density at radius 1 is 1.35 bits per heavy atom. The minimum absolute atomic E-state index is 0.0231. The third-order valence-corrected chi connectivity index (χ3v) is 2.39. The number of hydrogen-bond donors (Lipinski definition) is 0. The Morgan fingerprint density at radius 2 is 2.00 bits per heavy atom. The van der Waals surface area contributed by atoms with E-state index in [1.165, 1.54) is 0 Å². The van der Waals surface area contributed by atoms with Crippen LogP contribution in [0.3, 0.4) is 0 Å². The Morgan fingerprint density at radius 3 is 2.53 bits per heavy atom. The quantitative estimate of drug-likeness (QED) is 0.712. The lowest BCUT2D eigenvalue weighted by molar-refractivity contribution is -0.168. The lowest BCUT2D eigenvalue weighted by atomic mass is 10.1. The van der Waals surface area contributed by atoms with Crippen molar-refractivity contribution in [3.63, 3.8) is 0 Å². The summed E-state index contributed by atoms with van der Waals surface area (Å²) in [6.45, 7) is 10.1. The average molecular weight is 244 g/mol. The van der Waals surface area contributed by atoms with Crippen molar-refractivity contribution in [3.05, 3.63) is 0 Å². The Labute approximate surface area is 104 Å². The molecule has 1 aliphatic heterocycles. The smallest absolute Gasteiger partial charge is 0.335 e. The number of carbonyl (C=O) groups excluding carboxylic acids is 1. The van der Waals surface area contributed by atoms with E-state index in [1.54, 1.807) is 0 Å². The second-order valence-electron chi connectivity index (χ2n) is 5.74. The summed E-state index contributed by atoms with van der Waals surface area (Å²) in [5.74, 6) is -0.260. The van der Waals surface area contributed by atoms with Crippen molar-refractivity contribution in [1.29, 1.82) is 0 Å². The second-order valence-corrected chi connectivity index (χ2v) is 5.74. The molecule has 0 aromatic carbocycles. The Bertz CT molecular complexity index is 255. The fourth-order valence-corrected chi connectivity index (χ4v) is 1.67. The predicted octanol–water partition coefficient (Wildman–Crippen LogP) is 2.30. The zero-order valence-corrected chi connectivity index (χ0v) is 11.5. The summed E-state index contributed by atoms with van der Waals surface area (Å²) in [7, 11) is 0. The highest BCUT2D eigenvalue weighted by atomic mass is 16.6. The van der Waals surface area contributed by atoms with Crippen molar-refractivity contribution in [2.45, 2.75) is 71.4 Å². The standard InChI is InChI=1S/C13H24O4/c1-9(2)15-8-10-6-7-11(16-10)12(14)17-13(3,4)5/h9-11H,6-8H2,1-5H3. The summed E-state index contributed by atoms with van der Waals surface area (Å²) < 4.78 is 16.4. The molecule has 0 saturated carbocycles. The van der Waals surface area contributed by atoms with Crippen LogP contribution in [0, 0.1) is 0 Å². The number of rotatable bonds is 4. The molecule has 2 atom stereocenters. The molecule has 17 heavy (non-hydrogen) atoms. The molecule has 4 heteroatoms. The molecule has 0 aromatic rings. The number of esters is 1. The molecule has 0 aromatic heterocycles. The van der Waals surface area contributed by atoms with Crippen LogP contribution in [0.25, 0.3) is 0 Å². The van der Waals surface area contributed by atoms with E-state index in [4.69, 9.17) is 14.2 Å². The zero-order valence-electron chi connectivity index (χ0n) is 11.5. The minimum atomic E-state index is -0.451. The molecule has 1 aliphatic rings. The first-order valence-corrected chi connectivity index (χ1v) is 6.28. The van der Waals surface area contributed by atoms with Crippen LogP contribution < -0.4 is 0 Å². The van der Waals surface area contributed by atoms with Gasteiger partial charge in [-0.1, -0.05) is 0 Å². The Balaban J connectivity index is 2.32. The summed E-state index contributed by atoms with van der Waals surface area (Å²) in [4.78, 5) is 11.8. The van der Waals surface area contributed by atoms with Gasteiger partial charge in [0.2, 0.25) is 0 Å². The molecule has 0 aliphatic carbocycles. The fourth-order valence-electron chi connectivity index (χ4n) is 1.67. The maximum atomic E-state index is 11.8. The third-order valence-electron chi connectivity index (χ3n) is 2.39. The van der Waals surface area contributed by atoms with Gasteiger partial charge < -0.3 is 14.2 Å². The molecular formula is C13H24O4. The molecule has 4 nitrogen and oxygen atoms in total. The topological polar surface area (TPSA) is 44.8 Å². The van der Waals surface area contributed by atoms with E-state index in [1.807, 2.05) is 34.6 Å². The SMILES string of the molecule is CC(C)OCC1CCC(C(=O)OC(C)(C)C)O1. The van der Waals surface area contributed by atoms with Gasteiger partial charge in [0.25, 0.3) is 0 Å². The molecule has 0 N–H and O–H groups in total. The van der Waals surface area contributed by atoms with Crippen molar-refractivity contribution < 1.29 is 19.0 Å². The van der Waals surface area contributed by atoms with E-state index in [-0.39, 0.29) is 18.2 Å². The van der Waals surface area contributed by atoms with Crippen molar-refractivity contribution in [2.24, 2.45) is 0 Å².